The molecule has 68 heavy (non-hydrogen) atoms. The van der Waals surface area contributed by atoms with Crippen molar-refractivity contribution in [2.75, 3.05) is 25.6 Å². The molecule has 9 atom stereocenters. The Morgan fingerprint density at radius 2 is 1.46 bits per heavy atom. The molecule has 0 aromatic carbocycles. The Morgan fingerprint density at radius 1 is 0.824 bits per heavy atom. The summed E-state index contributed by atoms with van der Waals surface area (Å²) < 4.78 is 56.6. The molecule has 0 bridgehead atoms. The molecule has 0 aliphatic carbocycles. The zero-order valence-corrected chi connectivity index (χ0v) is 42.0. The summed E-state index contributed by atoms with van der Waals surface area (Å²) in [4.78, 5) is 61.7. The number of carbonyl (C=O) groups excluding carboxylic acids is 2. The third kappa shape index (κ3) is 27.8. The maximum Gasteiger partial charge on any atom is 0.481 e. The van der Waals surface area contributed by atoms with Crippen LogP contribution in [0.3, 0.4) is 0 Å². The van der Waals surface area contributed by atoms with Crippen LogP contribution in [0.2, 0.25) is 0 Å². The number of nitrogens with two attached hydrogens (primary N) is 1. The molecular weight excluding hydrogens is 924 g/mol. The predicted molar refractivity (Wildman–Crippen MR) is 258 cm³/mol. The molecule has 388 valence electrons. The van der Waals surface area contributed by atoms with Crippen molar-refractivity contribution in [3.63, 3.8) is 0 Å². The lowest BCUT2D eigenvalue weighted by Crippen LogP contribution is -2.36. The molecule has 1 saturated heterocycles. The van der Waals surface area contributed by atoms with Crippen molar-refractivity contribution in [2.45, 2.75) is 186 Å². The maximum absolute atomic E-state index is 12.8. The van der Waals surface area contributed by atoms with E-state index in [2.05, 4.69) is 30.1 Å². The highest BCUT2D eigenvalue weighted by Gasteiger charge is 2.46. The van der Waals surface area contributed by atoms with Crippen LogP contribution in [0, 0.1) is 5.92 Å². The number of nitrogen functional groups attached to an aromatic ring is 1. The van der Waals surface area contributed by atoms with Gasteiger partial charge in [0, 0.05) is 19.0 Å². The lowest BCUT2D eigenvalue weighted by Gasteiger charge is -2.21. The number of carbonyl (C=O) groups is 2. The van der Waals surface area contributed by atoms with Crippen LogP contribution in [0.1, 0.15) is 155 Å². The minimum absolute atomic E-state index is 0.0280. The largest absolute Gasteiger partial charge is 0.481 e. The van der Waals surface area contributed by atoms with Gasteiger partial charge in [-0.3, -0.25) is 23.2 Å². The molecule has 1 aromatic rings. The summed E-state index contributed by atoms with van der Waals surface area (Å²) in [6.07, 6.45) is 25.5. The molecule has 1 aliphatic rings. The number of ether oxygens (including phenoxy) is 3. The molecular formula is C47H79N3O16P2. The molecule has 0 amide bonds. The average molecular weight is 1000 g/mol. The van der Waals surface area contributed by atoms with Crippen LogP contribution in [-0.4, -0.2) is 96.9 Å². The van der Waals surface area contributed by atoms with Crippen LogP contribution in [0.25, 0.3) is 0 Å². The minimum atomic E-state index is -5.44. The number of aliphatic hydroxyl groups is 3. The Morgan fingerprint density at radius 3 is 2.15 bits per heavy atom. The van der Waals surface area contributed by atoms with Gasteiger partial charge in [0.25, 0.3) is 0 Å². The van der Waals surface area contributed by atoms with E-state index in [1.54, 1.807) is 6.08 Å². The van der Waals surface area contributed by atoms with Crippen LogP contribution >= 0.6 is 15.6 Å². The van der Waals surface area contributed by atoms with E-state index in [1.165, 1.54) is 38.2 Å². The van der Waals surface area contributed by atoms with E-state index in [1.807, 2.05) is 42.5 Å². The first kappa shape index (κ1) is 60.8. The van der Waals surface area contributed by atoms with E-state index in [4.69, 9.17) is 29.0 Å². The fourth-order valence-corrected chi connectivity index (χ4v) is 8.97. The molecule has 2 heterocycles. The average Bonchev–Trinajstić information content (AvgIpc) is 3.57. The summed E-state index contributed by atoms with van der Waals surface area (Å²) in [5.41, 5.74) is 4.57. The number of anilines is 1. The summed E-state index contributed by atoms with van der Waals surface area (Å²) in [5, 5.41) is 30.8. The monoisotopic (exact) mass is 1000 g/mol. The summed E-state index contributed by atoms with van der Waals surface area (Å²) in [7, 11) is -10.9. The van der Waals surface area contributed by atoms with Crippen LogP contribution in [0.15, 0.2) is 65.7 Å². The smallest absolute Gasteiger partial charge is 0.462 e. The van der Waals surface area contributed by atoms with Crippen molar-refractivity contribution in [2.24, 2.45) is 5.92 Å². The zero-order chi connectivity index (χ0) is 50.2. The van der Waals surface area contributed by atoms with Crippen molar-refractivity contribution in [1.29, 1.82) is 0 Å². The van der Waals surface area contributed by atoms with Crippen LogP contribution in [0.4, 0.5) is 5.82 Å². The molecule has 1 fully saturated rings. The number of hydrogen-bond donors (Lipinski definition) is 6. The SMILES string of the molecule is CCCCC[C@@H](O)/C=C/C=C\C/C=C\C/C=C\CCCC(=O)OC[C@H](COP(=O)(O)OP(=O)(O)OC[C@H]1O[C@@H](n2ccc(N)nc2=O)[C@H](O)[C@@H]1O)OC(=O)CCCCCCCCCCC(C)CC. The van der Waals surface area contributed by atoms with E-state index < -0.39 is 89.8 Å². The van der Waals surface area contributed by atoms with Crippen LogP contribution < -0.4 is 11.4 Å². The summed E-state index contributed by atoms with van der Waals surface area (Å²) in [6.45, 7) is 4.23. The number of phosphoric acid groups is 2. The number of rotatable bonds is 38. The van der Waals surface area contributed by atoms with Crippen molar-refractivity contribution in [3.05, 3.63) is 71.4 Å². The second kappa shape index (κ2) is 34.9. The lowest BCUT2D eigenvalue weighted by atomic mass is 9.99. The number of phosphoric ester groups is 2. The molecule has 2 rings (SSSR count). The maximum atomic E-state index is 12.8. The van der Waals surface area contributed by atoms with Crippen molar-refractivity contribution < 1.29 is 71.4 Å². The fraction of sp³-hybridized carbons (Fsp3) is 0.702. The topological polar surface area (TPSA) is 286 Å². The van der Waals surface area contributed by atoms with Crippen LogP contribution in [0.5, 0.6) is 0 Å². The first-order valence-electron chi connectivity index (χ1n) is 24.2. The van der Waals surface area contributed by atoms with Gasteiger partial charge < -0.3 is 45.1 Å². The number of unbranched alkanes of at least 4 members (excludes halogenated alkanes) is 10. The van der Waals surface area contributed by atoms with Crippen molar-refractivity contribution in [3.8, 4) is 0 Å². The zero-order valence-electron chi connectivity index (χ0n) is 40.2. The first-order valence-corrected chi connectivity index (χ1v) is 27.1. The highest BCUT2D eigenvalue weighted by Crippen LogP contribution is 2.60. The van der Waals surface area contributed by atoms with E-state index in [-0.39, 0.29) is 18.7 Å². The number of nitrogens with zero attached hydrogens (tertiary/aromatic N) is 2. The fourth-order valence-electron chi connectivity index (χ4n) is 6.86. The van der Waals surface area contributed by atoms with Crippen molar-refractivity contribution in [1.82, 2.24) is 9.55 Å². The van der Waals surface area contributed by atoms with Gasteiger partial charge in [-0.2, -0.15) is 9.29 Å². The van der Waals surface area contributed by atoms with Crippen LogP contribution in [-0.2, 0) is 46.3 Å². The number of aliphatic hydroxyl groups excluding tert-OH is 3. The molecule has 1 aromatic heterocycles. The minimum Gasteiger partial charge on any atom is -0.462 e. The summed E-state index contributed by atoms with van der Waals surface area (Å²) in [5.74, 6) is -0.644. The summed E-state index contributed by atoms with van der Waals surface area (Å²) in [6, 6.07) is 1.24. The van der Waals surface area contributed by atoms with Gasteiger partial charge >= 0.3 is 33.3 Å². The highest BCUT2D eigenvalue weighted by atomic mass is 31.3. The Kier molecular flexibility index (Phi) is 31.2. The Bertz CT molecular complexity index is 1860. The van der Waals surface area contributed by atoms with Gasteiger partial charge in [-0.25, -0.2) is 13.9 Å². The highest BCUT2D eigenvalue weighted by molar-refractivity contribution is 7.61. The third-order valence-corrected chi connectivity index (χ3v) is 13.7. The molecule has 3 unspecified atom stereocenters. The van der Waals surface area contributed by atoms with E-state index in [9.17, 15) is 48.6 Å². The van der Waals surface area contributed by atoms with Crippen molar-refractivity contribution >= 4 is 33.4 Å². The van der Waals surface area contributed by atoms with Gasteiger partial charge in [0.2, 0.25) is 0 Å². The Labute approximate surface area is 402 Å². The van der Waals surface area contributed by atoms with Gasteiger partial charge in [-0.05, 0) is 50.5 Å². The lowest BCUT2D eigenvalue weighted by molar-refractivity contribution is -0.161. The second-order valence-corrected chi connectivity index (χ2v) is 20.1. The number of allylic oxidation sites excluding steroid dienone is 7. The first-order chi connectivity index (χ1) is 32.5. The quantitative estimate of drug-likeness (QED) is 0.0120. The van der Waals surface area contributed by atoms with E-state index in [0.29, 0.717) is 25.7 Å². The van der Waals surface area contributed by atoms with Gasteiger partial charge in [0.15, 0.2) is 12.3 Å². The molecule has 0 spiro atoms. The van der Waals surface area contributed by atoms with Gasteiger partial charge in [-0.1, -0.05) is 146 Å². The van der Waals surface area contributed by atoms with E-state index >= 15 is 0 Å². The molecule has 21 heteroatoms. The third-order valence-electron chi connectivity index (χ3n) is 11.1. The number of esters is 2. The Balaban J connectivity index is 1.85. The molecule has 7 N–H and O–H groups in total. The second-order valence-electron chi connectivity index (χ2n) is 17.1. The predicted octanol–water partition coefficient (Wildman–Crippen LogP) is 8.21. The molecule has 0 saturated carbocycles. The standard InChI is InChI=1S/C47H79N3O16P2/c1-4-6-22-28-38(51)29-24-19-15-10-8-7-9-11-16-20-25-30-42(52)61-34-39(64-43(53)31-26-21-17-13-12-14-18-23-27-37(3)5-2)35-62-67(57,58)66-68(59,60)63-36-40-44(54)45(55)46(65-40)50-33-32-41(48)49-47(50)56/h7-8,11,15-16,19,24,29,32-33,37-40,44-46,51,54-55H,4-6,9-10,12-14,17-18,20-23,25-28,30-31,34-36H2,1-3H3,(H,57,58)(H,59,60)(H2,48,49,56)/b8-7-,16-11-,19-15-,29-24+/t37?,38-,39-,40-,44-,45-,46-/m1/s1. The molecule has 0 radical (unpaired) electrons. The molecule has 19 nitrogen and oxygen atoms in total. The van der Waals surface area contributed by atoms with E-state index in [0.717, 1.165) is 74.5 Å². The van der Waals surface area contributed by atoms with Gasteiger partial charge in [0.05, 0.1) is 19.3 Å². The Hall–Kier alpha value is -3.32. The summed E-state index contributed by atoms with van der Waals surface area (Å²) >= 11 is 0. The van der Waals surface area contributed by atoms with Gasteiger partial charge in [0.1, 0.15) is 30.7 Å². The van der Waals surface area contributed by atoms with Gasteiger partial charge in [-0.15, -0.1) is 0 Å². The number of aromatic nitrogens is 2. The number of hydrogen-bond acceptors (Lipinski definition) is 16. The molecule has 1 aliphatic heterocycles. The normalized spacial score (nSPS) is 20.8.